The number of carbonyl (C=O) groups is 1. The van der Waals surface area contributed by atoms with E-state index in [4.69, 9.17) is 4.74 Å². The van der Waals surface area contributed by atoms with E-state index in [2.05, 4.69) is 15.4 Å². The number of ether oxygens (including phenoxy) is 1. The number of nitrogens with one attached hydrogen (secondary N) is 1. The van der Waals surface area contributed by atoms with Crippen LogP contribution in [0.3, 0.4) is 0 Å². The Bertz CT molecular complexity index is 892. The maximum atomic E-state index is 13.9. The molecular formula is C17H15FN4O2. The molecule has 122 valence electrons. The van der Waals surface area contributed by atoms with Crippen molar-refractivity contribution in [2.45, 2.75) is 6.92 Å². The first-order chi connectivity index (χ1) is 11.6. The number of hydrogen-bond donors (Lipinski definition) is 1. The Labute approximate surface area is 137 Å². The normalized spacial score (nSPS) is 10.5. The summed E-state index contributed by atoms with van der Waals surface area (Å²) < 4.78 is 20.4. The van der Waals surface area contributed by atoms with Gasteiger partial charge in [-0.1, -0.05) is 12.1 Å². The van der Waals surface area contributed by atoms with Crippen LogP contribution in [-0.2, 0) is 0 Å². The van der Waals surface area contributed by atoms with Gasteiger partial charge in [-0.05, 0) is 25.1 Å². The van der Waals surface area contributed by atoms with Crippen LogP contribution in [0.5, 0.6) is 5.75 Å². The fourth-order valence-electron chi connectivity index (χ4n) is 2.25. The molecule has 2 heterocycles. The summed E-state index contributed by atoms with van der Waals surface area (Å²) in [4.78, 5) is 16.3. The molecule has 0 saturated carbocycles. The van der Waals surface area contributed by atoms with E-state index in [0.717, 1.165) is 0 Å². The first-order valence-electron chi connectivity index (χ1n) is 7.21. The van der Waals surface area contributed by atoms with Gasteiger partial charge in [-0.15, -0.1) is 0 Å². The van der Waals surface area contributed by atoms with Crippen LogP contribution in [0.25, 0.3) is 5.69 Å². The van der Waals surface area contributed by atoms with Gasteiger partial charge in [0.15, 0.2) is 0 Å². The molecule has 1 N–H and O–H groups in total. The van der Waals surface area contributed by atoms with Gasteiger partial charge >= 0.3 is 0 Å². The van der Waals surface area contributed by atoms with Gasteiger partial charge < -0.3 is 10.1 Å². The van der Waals surface area contributed by atoms with Crippen LogP contribution in [0.4, 0.5) is 10.1 Å². The van der Waals surface area contributed by atoms with Crippen molar-refractivity contribution >= 4 is 11.6 Å². The lowest BCUT2D eigenvalue weighted by Crippen LogP contribution is -2.14. The van der Waals surface area contributed by atoms with Gasteiger partial charge in [0.05, 0.1) is 24.7 Å². The van der Waals surface area contributed by atoms with E-state index in [9.17, 15) is 9.18 Å². The predicted octanol–water partition coefficient (Wildman–Crippen LogP) is 2.98. The van der Waals surface area contributed by atoms with Crippen LogP contribution in [0.2, 0.25) is 0 Å². The number of nitrogens with zero attached hydrogens (tertiary/aromatic N) is 3. The molecule has 24 heavy (non-hydrogen) atoms. The van der Waals surface area contributed by atoms with Crippen molar-refractivity contribution in [2.75, 3.05) is 12.4 Å². The summed E-state index contributed by atoms with van der Waals surface area (Å²) >= 11 is 0. The Hall–Kier alpha value is -3.22. The molecule has 0 radical (unpaired) electrons. The summed E-state index contributed by atoms with van der Waals surface area (Å²) in [7, 11) is 1.51. The molecule has 0 fully saturated rings. The van der Waals surface area contributed by atoms with Crippen molar-refractivity contribution in [1.82, 2.24) is 14.8 Å². The number of methoxy groups -OCH3 is 1. The van der Waals surface area contributed by atoms with Gasteiger partial charge in [-0.2, -0.15) is 5.10 Å². The van der Waals surface area contributed by atoms with Crippen molar-refractivity contribution in [2.24, 2.45) is 0 Å². The Morgan fingerprint density at radius 1 is 1.29 bits per heavy atom. The average Bonchev–Trinajstić information content (AvgIpc) is 2.96. The number of halogens is 1. The molecule has 0 aliphatic heterocycles. The van der Waals surface area contributed by atoms with Crippen LogP contribution < -0.4 is 10.1 Å². The number of amides is 1. The van der Waals surface area contributed by atoms with Crippen LogP contribution in [0, 0.1) is 12.7 Å². The number of carbonyl (C=O) groups excluding carboxylic acids is 1. The topological polar surface area (TPSA) is 69.0 Å². The van der Waals surface area contributed by atoms with E-state index in [1.165, 1.54) is 36.3 Å². The second kappa shape index (κ2) is 6.49. The molecule has 1 amide bonds. The minimum absolute atomic E-state index is 0.215. The van der Waals surface area contributed by atoms with E-state index in [0.29, 0.717) is 22.8 Å². The molecule has 0 bridgehead atoms. The molecule has 0 atom stereocenters. The smallest absolute Gasteiger partial charge is 0.274 e. The minimum Gasteiger partial charge on any atom is -0.497 e. The second-order valence-electron chi connectivity index (χ2n) is 5.04. The maximum absolute atomic E-state index is 13.9. The van der Waals surface area contributed by atoms with Gasteiger partial charge in [0.2, 0.25) is 0 Å². The number of pyridine rings is 1. The van der Waals surface area contributed by atoms with Crippen molar-refractivity contribution in [1.29, 1.82) is 0 Å². The van der Waals surface area contributed by atoms with Crippen molar-refractivity contribution < 1.29 is 13.9 Å². The molecule has 0 spiro atoms. The van der Waals surface area contributed by atoms with Crippen molar-refractivity contribution in [3.63, 3.8) is 0 Å². The van der Waals surface area contributed by atoms with Crippen molar-refractivity contribution in [3.8, 4) is 11.4 Å². The lowest BCUT2D eigenvalue weighted by atomic mass is 10.3. The van der Waals surface area contributed by atoms with Gasteiger partial charge in [0.1, 0.15) is 22.9 Å². The first kappa shape index (κ1) is 15.7. The third-order valence-electron chi connectivity index (χ3n) is 3.54. The molecule has 0 unspecified atom stereocenters. The highest BCUT2D eigenvalue weighted by molar-refractivity contribution is 6.03. The van der Waals surface area contributed by atoms with Crippen LogP contribution >= 0.6 is 0 Å². The zero-order valence-electron chi connectivity index (χ0n) is 13.2. The van der Waals surface area contributed by atoms with Crippen LogP contribution in [0.1, 0.15) is 16.2 Å². The zero-order valence-corrected chi connectivity index (χ0v) is 13.2. The Balaban J connectivity index is 1.86. The molecule has 0 saturated heterocycles. The molecule has 1 aromatic carbocycles. The van der Waals surface area contributed by atoms with Crippen molar-refractivity contribution in [3.05, 3.63) is 66.0 Å². The highest BCUT2D eigenvalue weighted by atomic mass is 19.1. The molecule has 3 aromatic rings. The second-order valence-corrected chi connectivity index (χ2v) is 5.04. The Morgan fingerprint density at radius 2 is 2.08 bits per heavy atom. The number of benzene rings is 1. The molecule has 0 aliphatic carbocycles. The third-order valence-corrected chi connectivity index (χ3v) is 3.54. The predicted molar refractivity (Wildman–Crippen MR) is 87.0 cm³/mol. The summed E-state index contributed by atoms with van der Waals surface area (Å²) in [6.07, 6.45) is 2.96. The standard InChI is InChI=1S/C17H15FN4O2/c1-11-15(10-20-22(11)16-6-4-3-5-13(16)18)21-17(23)14-9-12(24-2)7-8-19-14/h3-10H,1-2H3,(H,21,23). The Morgan fingerprint density at radius 3 is 2.83 bits per heavy atom. The highest BCUT2D eigenvalue weighted by Gasteiger charge is 2.15. The van der Waals surface area contributed by atoms with E-state index >= 15 is 0 Å². The van der Waals surface area contributed by atoms with E-state index in [1.807, 2.05) is 0 Å². The lowest BCUT2D eigenvalue weighted by molar-refractivity contribution is 0.102. The summed E-state index contributed by atoms with van der Waals surface area (Å²) in [6.45, 7) is 1.74. The molecule has 6 nitrogen and oxygen atoms in total. The first-order valence-corrected chi connectivity index (χ1v) is 7.21. The molecule has 2 aromatic heterocycles. The van der Waals surface area contributed by atoms with Gasteiger partial charge in [0, 0.05) is 12.3 Å². The molecule has 3 rings (SSSR count). The fourth-order valence-corrected chi connectivity index (χ4v) is 2.25. The van der Waals surface area contributed by atoms with Crippen LogP contribution in [0.15, 0.2) is 48.8 Å². The summed E-state index contributed by atoms with van der Waals surface area (Å²) in [5.74, 6) is -0.255. The van der Waals surface area contributed by atoms with E-state index in [1.54, 1.807) is 31.2 Å². The number of rotatable bonds is 4. The number of hydrogen-bond acceptors (Lipinski definition) is 4. The van der Waals surface area contributed by atoms with Gasteiger partial charge in [-0.25, -0.2) is 9.07 Å². The Kier molecular flexibility index (Phi) is 4.24. The lowest BCUT2D eigenvalue weighted by Gasteiger charge is -2.08. The largest absolute Gasteiger partial charge is 0.497 e. The minimum atomic E-state index is -0.398. The molecule has 7 heteroatoms. The fraction of sp³-hybridized carbons (Fsp3) is 0.118. The maximum Gasteiger partial charge on any atom is 0.274 e. The zero-order chi connectivity index (χ0) is 17.1. The number of aromatic nitrogens is 3. The van der Waals surface area contributed by atoms with E-state index in [-0.39, 0.29) is 5.69 Å². The SMILES string of the molecule is COc1ccnc(C(=O)Nc2cnn(-c3ccccc3F)c2C)c1. The van der Waals surface area contributed by atoms with Gasteiger partial charge in [0.25, 0.3) is 5.91 Å². The summed E-state index contributed by atoms with van der Waals surface area (Å²) in [5, 5.41) is 6.87. The highest BCUT2D eigenvalue weighted by Crippen LogP contribution is 2.21. The number of para-hydroxylation sites is 1. The molecule has 0 aliphatic rings. The number of anilines is 1. The quantitative estimate of drug-likeness (QED) is 0.800. The third kappa shape index (κ3) is 2.96. The van der Waals surface area contributed by atoms with Crippen LogP contribution in [-0.4, -0.2) is 27.8 Å². The van der Waals surface area contributed by atoms with Gasteiger partial charge in [-0.3, -0.25) is 9.78 Å². The summed E-state index contributed by atoms with van der Waals surface area (Å²) in [5.41, 5.74) is 1.62. The average molecular weight is 326 g/mol. The molecular weight excluding hydrogens is 311 g/mol. The summed E-state index contributed by atoms with van der Waals surface area (Å²) in [6, 6.07) is 9.48. The monoisotopic (exact) mass is 326 g/mol. The van der Waals surface area contributed by atoms with E-state index < -0.39 is 11.7 Å².